The van der Waals surface area contributed by atoms with Crippen LogP contribution in [0.5, 0.6) is 0 Å². The summed E-state index contributed by atoms with van der Waals surface area (Å²) in [6, 6.07) is 7.31. The van der Waals surface area contributed by atoms with E-state index < -0.39 is 0 Å². The predicted molar refractivity (Wildman–Crippen MR) is 79.0 cm³/mol. The van der Waals surface area contributed by atoms with Crippen molar-refractivity contribution in [1.82, 2.24) is 0 Å². The molecule has 0 saturated carbocycles. The lowest BCUT2D eigenvalue weighted by Crippen LogP contribution is -2.20. The summed E-state index contributed by atoms with van der Waals surface area (Å²) in [6.45, 7) is 0. The number of hydrogen-bond acceptors (Lipinski definition) is 3. The van der Waals surface area contributed by atoms with Crippen LogP contribution in [0.1, 0.15) is 20.8 Å². The van der Waals surface area contributed by atoms with Gasteiger partial charge < -0.3 is 4.90 Å². The summed E-state index contributed by atoms with van der Waals surface area (Å²) in [6.07, 6.45) is 0.374. The molecule has 0 spiro atoms. The molecule has 2 heterocycles. The Morgan fingerprint density at radius 1 is 1.37 bits per heavy atom. The van der Waals surface area contributed by atoms with E-state index in [1.165, 1.54) is 11.3 Å². The van der Waals surface area contributed by atoms with Crippen LogP contribution in [-0.2, 0) is 11.2 Å². The third kappa shape index (κ3) is 2.03. The average molecular weight is 336 g/mol. The number of ketones is 1. The van der Waals surface area contributed by atoms with E-state index in [2.05, 4.69) is 15.9 Å². The smallest absolute Gasteiger partial charge is 0.231 e. The molecule has 96 valence electrons. The summed E-state index contributed by atoms with van der Waals surface area (Å²) < 4.78 is 0.816. The molecule has 2 aromatic rings. The summed E-state index contributed by atoms with van der Waals surface area (Å²) in [7, 11) is 1.76. The molecule has 1 aliphatic heterocycles. The maximum atomic E-state index is 12.4. The fraction of sp³-hybridized carbons (Fsp3) is 0.143. The summed E-state index contributed by atoms with van der Waals surface area (Å²) in [4.78, 5) is 26.3. The Labute approximate surface area is 123 Å². The van der Waals surface area contributed by atoms with Gasteiger partial charge in [-0.25, -0.2) is 0 Å². The topological polar surface area (TPSA) is 37.4 Å². The fourth-order valence-corrected chi connectivity index (χ4v) is 3.71. The van der Waals surface area contributed by atoms with Crippen LogP contribution in [0.3, 0.4) is 0 Å². The summed E-state index contributed by atoms with van der Waals surface area (Å²) in [5.74, 6) is 0.0589. The highest BCUT2D eigenvalue weighted by atomic mass is 79.9. The highest BCUT2D eigenvalue weighted by molar-refractivity contribution is 9.10. The average Bonchev–Trinajstić information content (AvgIpc) is 2.93. The first kappa shape index (κ1) is 12.6. The molecular formula is C14H10BrNO2S. The lowest BCUT2D eigenvalue weighted by Gasteiger charge is -2.10. The number of thiophene rings is 1. The molecule has 0 unspecified atom stereocenters. The van der Waals surface area contributed by atoms with Gasteiger partial charge in [0, 0.05) is 22.8 Å². The first-order valence-corrected chi connectivity index (χ1v) is 7.42. The molecule has 3 rings (SSSR count). The minimum Gasteiger partial charge on any atom is -0.315 e. The Morgan fingerprint density at radius 3 is 2.84 bits per heavy atom. The quantitative estimate of drug-likeness (QED) is 0.790. The van der Waals surface area contributed by atoms with Gasteiger partial charge in [0.2, 0.25) is 11.7 Å². The number of likely N-dealkylation sites (N-methyl/N-ethyl adjacent to an activating group) is 1. The molecule has 1 amide bonds. The highest BCUT2D eigenvalue weighted by Crippen LogP contribution is 2.31. The molecule has 0 atom stereocenters. The van der Waals surface area contributed by atoms with Crippen molar-refractivity contribution in [3.63, 3.8) is 0 Å². The molecule has 0 saturated heterocycles. The number of fused-ring (bicyclic) bond motifs is 1. The van der Waals surface area contributed by atoms with E-state index in [0.717, 1.165) is 15.7 Å². The minimum absolute atomic E-state index is 0.00771. The van der Waals surface area contributed by atoms with E-state index in [4.69, 9.17) is 0 Å². The number of carbonyl (C=O) groups is 2. The van der Waals surface area contributed by atoms with Crippen LogP contribution in [0.4, 0.5) is 5.69 Å². The molecule has 1 aromatic heterocycles. The zero-order valence-corrected chi connectivity index (χ0v) is 12.5. The van der Waals surface area contributed by atoms with Crippen molar-refractivity contribution in [3.05, 3.63) is 50.1 Å². The van der Waals surface area contributed by atoms with Crippen LogP contribution in [0.15, 0.2) is 34.1 Å². The van der Waals surface area contributed by atoms with Gasteiger partial charge in [-0.1, -0.05) is 0 Å². The van der Waals surface area contributed by atoms with E-state index in [9.17, 15) is 9.59 Å². The lowest BCUT2D eigenvalue weighted by atomic mass is 10.0. The third-order valence-electron chi connectivity index (χ3n) is 3.24. The minimum atomic E-state index is -0.00771. The Hall–Kier alpha value is -1.46. The second-order valence-electron chi connectivity index (χ2n) is 4.40. The number of rotatable bonds is 2. The molecule has 3 nitrogen and oxygen atoms in total. The van der Waals surface area contributed by atoms with Gasteiger partial charge in [0.15, 0.2) is 0 Å². The first-order chi connectivity index (χ1) is 9.08. The van der Waals surface area contributed by atoms with Crippen molar-refractivity contribution in [2.45, 2.75) is 6.42 Å². The van der Waals surface area contributed by atoms with Gasteiger partial charge in [-0.15, -0.1) is 11.3 Å². The summed E-state index contributed by atoms with van der Waals surface area (Å²) in [5, 5.41) is 1.88. The maximum absolute atomic E-state index is 12.4. The van der Waals surface area contributed by atoms with Crippen molar-refractivity contribution in [2.24, 2.45) is 0 Å². The van der Waals surface area contributed by atoms with Crippen LogP contribution >= 0.6 is 27.3 Å². The number of benzene rings is 1. The lowest BCUT2D eigenvalue weighted by molar-refractivity contribution is -0.117. The molecule has 0 N–H and O–H groups in total. The number of amides is 1. The van der Waals surface area contributed by atoms with E-state index in [0.29, 0.717) is 16.9 Å². The van der Waals surface area contributed by atoms with Crippen LogP contribution in [0.2, 0.25) is 0 Å². The Bertz CT molecular complexity index is 693. The molecule has 0 radical (unpaired) electrons. The molecule has 0 aliphatic carbocycles. The van der Waals surface area contributed by atoms with Crippen LogP contribution < -0.4 is 4.90 Å². The monoisotopic (exact) mass is 335 g/mol. The van der Waals surface area contributed by atoms with Crippen molar-refractivity contribution in [2.75, 3.05) is 11.9 Å². The van der Waals surface area contributed by atoms with Crippen LogP contribution in [0, 0.1) is 0 Å². The van der Waals surface area contributed by atoms with E-state index in [-0.39, 0.29) is 11.7 Å². The van der Waals surface area contributed by atoms with Crippen molar-refractivity contribution in [3.8, 4) is 0 Å². The molecular weight excluding hydrogens is 326 g/mol. The zero-order valence-electron chi connectivity index (χ0n) is 10.1. The van der Waals surface area contributed by atoms with Crippen molar-refractivity contribution < 1.29 is 9.59 Å². The van der Waals surface area contributed by atoms with E-state index in [1.807, 2.05) is 23.6 Å². The SMILES string of the molecule is CN1C(=O)Cc2cc(C(=O)c3sccc3Br)ccc21. The largest absolute Gasteiger partial charge is 0.315 e. The fourth-order valence-electron chi connectivity index (χ4n) is 2.20. The van der Waals surface area contributed by atoms with Gasteiger partial charge in [-0.3, -0.25) is 9.59 Å². The zero-order chi connectivity index (χ0) is 13.6. The number of anilines is 1. The van der Waals surface area contributed by atoms with Crippen LogP contribution in [-0.4, -0.2) is 18.7 Å². The molecule has 0 bridgehead atoms. The maximum Gasteiger partial charge on any atom is 0.231 e. The molecule has 1 aliphatic rings. The Morgan fingerprint density at radius 2 is 2.16 bits per heavy atom. The standard InChI is InChI=1S/C14H10BrNO2S/c1-16-11-3-2-8(6-9(11)7-12(16)17)13(18)14-10(15)4-5-19-14/h2-6H,7H2,1H3. The number of carbonyl (C=O) groups excluding carboxylic acids is 2. The van der Waals surface area contributed by atoms with E-state index >= 15 is 0 Å². The predicted octanol–water partition coefficient (Wildman–Crippen LogP) is 3.26. The molecule has 0 fully saturated rings. The second-order valence-corrected chi connectivity index (χ2v) is 6.17. The molecule has 1 aromatic carbocycles. The molecule has 5 heteroatoms. The van der Waals surface area contributed by atoms with Crippen molar-refractivity contribution >= 4 is 44.6 Å². The number of hydrogen-bond donors (Lipinski definition) is 0. The summed E-state index contributed by atoms with van der Waals surface area (Å²) >= 11 is 4.79. The van der Waals surface area contributed by atoms with Crippen molar-refractivity contribution in [1.29, 1.82) is 0 Å². The number of halogens is 1. The third-order valence-corrected chi connectivity index (χ3v) is 5.08. The van der Waals surface area contributed by atoms with Gasteiger partial charge in [-0.2, -0.15) is 0 Å². The van der Waals surface area contributed by atoms with Gasteiger partial charge >= 0.3 is 0 Å². The highest BCUT2D eigenvalue weighted by Gasteiger charge is 2.25. The van der Waals surface area contributed by atoms with Gasteiger partial charge in [0.25, 0.3) is 0 Å². The molecule has 19 heavy (non-hydrogen) atoms. The van der Waals surface area contributed by atoms with E-state index in [1.54, 1.807) is 18.0 Å². The first-order valence-electron chi connectivity index (χ1n) is 5.75. The second kappa shape index (κ2) is 4.58. The Balaban J connectivity index is 2.01. The summed E-state index contributed by atoms with van der Waals surface area (Å²) in [5.41, 5.74) is 2.45. The normalized spacial score (nSPS) is 13.8. The van der Waals surface area contributed by atoms with Crippen LogP contribution in [0.25, 0.3) is 0 Å². The van der Waals surface area contributed by atoms with Gasteiger partial charge in [0.05, 0.1) is 11.3 Å². The number of nitrogens with zero attached hydrogens (tertiary/aromatic N) is 1. The van der Waals surface area contributed by atoms with Gasteiger partial charge in [-0.05, 0) is 51.1 Å². The van der Waals surface area contributed by atoms with Gasteiger partial charge in [0.1, 0.15) is 0 Å². The Kier molecular flexibility index (Phi) is 3.03.